The van der Waals surface area contributed by atoms with E-state index in [1.165, 1.54) is 24.3 Å². The smallest absolute Gasteiger partial charge is 0.446 e. The van der Waals surface area contributed by atoms with E-state index < -0.39 is 5.51 Å². The van der Waals surface area contributed by atoms with Crippen molar-refractivity contribution in [3.05, 3.63) is 65.2 Å². The average molecular weight is 383 g/mol. The summed E-state index contributed by atoms with van der Waals surface area (Å²) in [5.74, 6) is 1.00. The van der Waals surface area contributed by atoms with E-state index in [-0.39, 0.29) is 23.3 Å². The first-order chi connectivity index (χ1) is 11.9. The van der Waals surface area contributed by atoms with Gasteiger partial charge in [0.25, 0.3) is 0 Å². The number of thioether (sulfide) groups is 1. The number of nitrogens with one attached hydrogen (secondary N) is 1. The second-order valence-electron chi connectivity index (χ2n) is 4.92. The van der Waals surface area contributed by atoms with E-state index in [1.54, 1.807) is 4.57 Å². The molecule has 1 heterocycles. The number of hydrogen-bond donors (Lipinski definition) is 1. The van der Waals surface area contributed by atoms with Gasteiger partial charge in [-0.15, -0.1) is 0 Å². The summed E-state index contributed by atoms with van der Waals surface area (Å²) in [6.07, 6.45) is 0. The molecule has 9 heteroatoms. The lowest BCUT2D eigenvalue weighted by molar-refractivity contribution is -0.0328. The van der Waals surface area contributed by atoms with Crippen LogP contribution >= 0.6 is 24.0 Å². The number of benzene rings is 2. The third-order valence-electron chi connectivity index (χ3n) is 3.18. The number of rotatable bonds is 5. The molecule has 0 aliphatic heterocycles. The molecule has 0 amide bonds. The van der Waals surface area contributed by atoms with Crippen molar-refractivity contribution < 1.29 is 17.9 Å². The molecule has 1 aromatic heterocycles. The van der Waals surface area contributed by atoms with Crippen LogP contribution < -0.4 is 4.74 Å². The van der Waals surface area contributed by atoms with Crippen LogP contribution in [0, 0.1) is 4.77 Å². The third-order valence-corrected chi connectivity index (χ3v) is 4.19. The summed E-state index contributed by atoms with van der Waals surface area (Å²) in [6.45, 7) is 0.119. The molecule has 0 saturated carbocycles. The molecule has 0 unspecified atom stereocenters. The maximum Gasteiger partial charge on any atom is 0.446 e. The van der Waals surface area contributed by atoms with E-state index in [0.29, 0.717) is 16.3 Å². The lowest BCUT2D eigenvalue weighted by atomic mass is 10.3. The zero-order valence-electron chi connectivity index (χ0n) is 12.7. The number of aromatic nitrogens is 3. The van der Waals surface area contributed by atoms with Crippen LogP contribution in [0.15, 0.2) is 59.5 Å². The first-order valence-corrected chi connectivity index (χ1v) is 8.35. The van der Waals surface area contributed by atoms with Gasteiger partial charge in [-0.25, -0.2) is 0 Å². The number of nitrogens with zero attached hydrogens (tertiary/aromatic N) is 2. The molecule has 0 spiro atoms. The van der Waals surface area contributed by atoms with Crippen LogP contribution in [0.5, 0.6) is 5.75 Å². The van der Waals surface area contributed by atoms with Crippen molar-refractivity contribution in [1.82, 2.24) is 14.8 Å². The van der Waals surface area contributed by atoms with Crippen LogP contribution in [-0.2, 0) is 6.61 Å². The van der Waals surface area contributed by atoms with Crippen molar-refractivity contribution in [3.8, 4) is 11.4 Å². The summed E-state index contributed by atoms with van der Waals surface area (Å²) < 4.78 is 44.8. The molecular formula is C16H12F3N3OS2. The van der Waals surface area contributed by atoms with Crippen LogP contribution in [0.4, 0.5) is 13.2 Å². The Bertz CT molecular complexity index is 889. The van der Waals surface area contributed by atoms with Gasteiger partial charge in [0.2, 0.25) is 0 Å². The highest BCUT2D eigenvalue weighted by atomic mass is 32.2. The molecule has 0 aliphatic carbocycles. The average Bonchev–Trinajstić information content (AvgIpc) is 2.94. The minimum Gasteiger partial charge on any atom is -0.486 e. The Hall–Kier alpha value is -2.26. The van der Waals surface area contributed by atoms with E-state index >= 15 is 0 Å². The van der Waals surface area contributed by atoms with Crippen molar-refractivity contribution in [3.63, 3.8) is 0 Å². The molecule has 0 bridgehead atoms. The van der Waals surface area contributed by atoms with Crippen molar-refractivity contribution in [2.45, 2.75) is 17.0 Å². The second kappa shape index (κ2) is 7.32. The molecule has 25 heavy (non-hydrogen) atoms. The van der Waals surface area contributed by atoms with Gasteiger partial charge in [-0.05, 0) is 60.4 Å². The number of hydrogen-bond acceptors (Lipinski definition) is 4. The third kappa shape index (κ3) is 4.64. The Labute approximate surface area is 150 Å². The number of H-pyrrole nitrogens is 1. The highest BCUT2D eigenvalue weighted by molar-refractivity contribution is 8.00. The monoisotopic (exact) mass is 383 g/mol. The highest BCUT2D eigenvalue weighted by Crippen LogP contribution is 2.37. The first-order valence-electron chi connectivity index (χ1n) is 7.13. The van der Waals surface area contributed by atoms with Gasteiger partial charge < -0.3 is 4.74 Å². The van der Waals surface area contributed by atoms with Crippen LogP contribution in [0.3, 0.4) is 0 Å². The van der Waals surface area contributed by atoms with Crippen LogP contribution in [-0.4, -0.2) is 20.3 Å². The zero-order valence-corrected chi connectivity index (χ0v) is 14.3. The predicted octanol–water partition coefficient (Wildman–Crippen LogP) is 5.12. The Morgan fingerprint density at radius 1 is 1.08 bits per heavy atom. The van der Waals surface area contributed by atoms with Gasteiger partial charge >= 0.3 is 5.51 Å². The Balaban J connectivity index is 1.72. The van der Waals surface area contributed by atoms with E-state index in [2.05, 4.69) is 10.2 Å². The summed E-state index contributed by atoms with van der Waals surface area (Å²) in [7, 11) is 0. The van der Waals surface area contributed by atoms with E-state index in [1.807, 2.05) is 30.3 Å². The molecule has 3 aromatic rings. The maximum absolute atomic E-state index is 12.3. The van der Waals surface area contributed by atoms with Crippen LogP contribution in [0.2, 0.25) is 0 Å². The maximum atomic E-state index is 12.3. The summed E-state index contributed by atoms with van der Waals surface area (Å²) in [5, 5.41) is 6.86. The fourth-order valence-electron chi connectivity index (χ4n) is 2.16. The molecule has 0 atom stereocenters. The summed E-state index contributed by atoms with van der Waals surface area (Å²) >= 11 is 5.07. The molecule has 1 N–H and O–H groups in total. The lowest BCUT2D eigenvalue weighted by Crippen LogP contribution is -2.05. The van der Waals surface area contributed by atoms with Gasteiger partial charge in [-0.3, -0.25) is 9.67 Å². The minimum atomic E-state index is -4.31. The fraction of sp³-hybridized carbons (Fsp3) is 0.125. The fourth-order valence-corrected chi connectivity index (χ4v) is 2.95. The lowest BCUT2D eigenvalue weighted by Gasteiger charge is -2.09. The van der Waals surface area contributed by atoms with E-state index in [4.69, 9.17) is 17.0 Å². The number of alkyl halides is 3. The number of para-hydroxylation sites is 1. The molecule has 0 radical (unpaired) electrons. The molecule has 2 aromatic carbocycles. The standard InChI is InChI=1S/C16H12F3N3OS2/c17-16(18,19)25-13-8-6-12(7-9-13)23-10-14-20-21-15(24)22(14)11-4-2-1-3-5-11/h1-9H,10H2,(H,21,24). The van der Waals surface area contributed by atoms with Crippen molar-refractivity contribution in [1.29, 1.82) is 0 Å². The van der Waals surface area contributed by atoms with Gasteiger partial charge in [0.1, 0.15) is 12.4 Å². The quantitative estimate of drug-likeness (QED) is 0.490. The zero-order chi connectivity index (χ0) is 17.9. The van der Waals surface area contributed by atoms with Crippen molar-refractivity contribution in [2.24, 2.45) is 0 Å². The van der Waals surface area contributed by atoms with Gasteiger partial charge in [0.15, 0.2) is 10.6 Å². The Kier molecular flexibility index (Phi) is 5.14. The predicted molar refractivity (Wildman–Crippen MR) is 91.4 cm³/mol. The summed E-state index contributed by atoms with van der Waals surface area (Å²) in [6, 6.07) is 15.1. The molecule has 130 valence electrons. The van der Waals surface area contributed by atoms with Gasteiger partial charge in [-0.2, -0.15) is 18.3 Å². The highest BCUT2D eigenvalue weighted by Gasteiger charge is 2.29. The summed E-state index contributed by atoms with van der Waals surface area (Å²) in [5.41, 5.74) is -3.46. The van der Waals surface area contributed by atoms with E-state index in [9.17, 15) is 13.2 Å². The summed E-state index contributed by atoms with van der Waals surface area (Å²) in [4.78, 5) is 0.104. The van der Waals surface area contributed by atoms with E-state index in [0.717, 1.165) is 5.69 Å². The molecular weight excluding hydrogens is 371 g/mol. The Morgan fingerprint density at radius 2 is 1.76 bits per heavy atom. The SMILES string of the molecule is FC(F)(F)Sc1ccc(OCc2n[nH]c(=S)n2-c2ccccc2)cc1. The van der Waals surface area contributed by atoms with Crippen LogP contribution in [0.1, 0.15) is 5.82 Å². The number of halogens is 3. The van der Waals surface area contributed by atoms with Crippen LogP contribution in [0.25, 0.3) is 5.69 Å². The minimum absolute atomic E-state index is 0.104. The van der Waals surface area contributed by atoms with Gasteiger partial charge in [-0.1, -0.05) is 18.2 Å². The molecule has 0 saturated heterocycles. The normalized spacial score (nSPS) is 11.5. The molecule has 4 nitrogen and oxygen atoms in total. The van der Waals surface area contributed by atoms with Crippen molar-refractivity contribution >= 4 is 24.0 Å². The topological polar surface area (TPSA) is 42.8 Å². The molecule has 0 fully saturated rings. The van der Waals surface area contributed by atoms with Gasteiger partial charge in [0.05, 0.1) is 0 Å². The number of aromatic amines is 1. The largest absolute Gasteiger partial charge is 0.486 e. The second-order valence-corrected chi connectivity index (χ2v) is 6.45. The van der Waals surface area contributed by atoms with Gasteiger partial charge in [0, 0.05) is 10.6 Å². The number of ether oxygens (including phenoxy) is 1. The van der Waals surface area contributed by atoms with Crippen molar-refractivity contribution in [2.75, 3.05) is 0 Å². The Morgan fingerprint density at radius 3 is 2.40 bits per heavy atom. The molecule has 0 aliphatic rings. The molecule has 3 rings (SSSR count). The first kappa shape index (κ1) is 17.6.